The minimum atomic E-state index is -0.581. The lowest BCUT2D eigenvalue weighted by molar-refractivity contribution is -0.117. The predicted molar refractivity (Wildman–Crippen MR) is 56.1 cm³/mol. The number of rotatable bonds is 1. The number of carbonyl (C=O) groups excluding carboxylic acids is 1. The molecule has 5 heteroatoms. The first-order valence-corrected chi connectivity index (χ1v) is 4.87. The summed E-state index contributed by atoms with van der Waals surface area (Å²) in [5.74, 6) is -0.676. The Hall–Kier alpha value is -1.93. The molecule has 1 atom stereocenters. The summed E-state index contributed by atoms with van der Waals surface area (Å²) in [4.78, 5) is 13.0. The summed E-state index contributed by atoms with van der Waals surface area (Å²) in [6.07, 6.45) is 0.291. The number of halogens is 1. The van der Waals surface area contributed by atoms with Gasteiger partial charge in [-0.2, -0.15) is 5.26 Å². The summed E-state index contributed by atoms with van der Waals surface area (Å²) in [5, 5.41) is 8.69. The van der Waals surface area contributed by atoms with Crippen LogP contribution in [-0.2, 0) is 4.79 Å². The molecular weight excluding hydrogens is 209 g/mol. The van der Waals surface area contributed by atoms with Crippen LogP contribution in [0.1, 0.15) is 12.0 Å². The Balaban J connectivity index is 2.35. The maximum atomic E-state index is 13.1. The Morgan fingerprint density at radius 1 is 1.56 bits per heavy atom. The second kappa shape index (κ2) is 3.91. The number of nitrogens with zero attached hydrogens (tertiary/aromatic N) is 2. The highest BCUT2D eigenvalue weighted by atomic mass is 19.1. The first kappa shape index (κ1) is 10.6. The van der Waals surface area contributed by atoms with Gasteiger partial charge in [0.25, 0.3) is 0 Å². The third kappa shape index (κ3) is 1.75. The Morgan fingerprint density at radius 3 is 2.88 bits per heavy atom. The minimum absolute atomic E-state index is 0.0641. The van der Waals surface area contributed by atoms with E-state index in [0.717, 1.165) is 0 Å². The molecule has 0 radical (unpaired) electrons. The molecular formula is C11H10FN3O. The average molecular weight is 219 g/mol. The van der Waals surface area contributed by atoms with Crippen molar-refractivity contribution in [2.75, 3.05) is 11.4 Å². The van der Waals surface area contributed by atoms with Crippen molar-refractivity contribution < 1.29 is 9.18 Å². The molecule has 4 nitrogen and oxygen atoms in total. The zero-order chi connectivity index (χ0) is 11.7. The standard InChI is InChI=1S/C11H10FN3O/c12-10-2-1-9(3-7(10)5-13)15-6-8(14)4-11(15)16/h1-3,8H,4,6,14H2. The van der Waals surface area contributed by atoms with Crippen LogP contribution in [0.15, 0.2) is 18.2 Å². The maximum Gasteiger partial charge on any atom is 0.228 e. The monoisotopic (exact) mass is 219 g/mol. The van der Waals surface area contributed by atoms with Crippen LogP contribution in [-0.4, -0.2) is 18.5 Å². The van der Waals surface area contributed by atoms with Crippen LogP contribution in [0, 0.1) is 17.1 Å². The summed E-state index contributed by atoms with van der Waals surface area (Å²) in [5.41, 5.74) is 6.11. The normalized spacial score (nSPS) is 19.9. The molecule has 1 unspecified atom stereocenters. The molecule has 2 rings (SSSR count). The van der Waals surface area contributed by atoms with Crippen molar-refractivity contribution in [2.24, 2.45) is 5.73 Å². The van der Waals surface area contributed by atoms with E-state index < -0.39 is 5.82 Å². The fourth-order valence-corrected chi connectivity index (χ4v) is 1.75. The number of carbonyl (C=O) groups is 1. The molecule has 1 aliphatic rings. The van der Waals surface area contributed by atoms with E-state index in [4.69, 9.17) is 11.0 Å². The van der Waals surface area contributed by atoms with Crippen LogP contribution in [0.5, 0.6) is 0 Å². The van der Waals surface area contributed by atoms with Crippen LogP contribution in [0.25, 0.3) is 0 Å². The Morgan fingerprint density at radius 2 is 2.31 bits per heavy atom. The Labute approximate surface area is 92.1 Å². The van der Waals surface area contributed by atoms with Crippen molar-refractivity contribution in [1.29, 1.82) is 5.26 Å². The number of anilines is 1. The summed E-state index contributed by atoms with van der Waals surface area (Å²) in [6.45, 7) is 0.412. The third-order valence-electron chi connectivity index (χ3n) is 2.54. The topological polar surface area (TPSA) is 70.1 Å². The lowest BCUT2D eigenvalue weighted by atomic mass is 10.2. The molecule has 1 heterocycles. The largest absolute Gasteiger partial charge is 0.326 e. The number of nitriles is 1. The van der Waals surface area contributed by atoms with Crippen LogP contribution in [0.3, 0.4) is 0 Å². The van der Waals surface area contributed by atoms with Gasteiger partial charge in [0.15, 0.2) is 0 Å². The smallest absolute Gasteiger partial charge is 0.228 e. The molecule has 1 amide bonds. The van der Waals surface area contributed by atoms with E-state index in [-0.39, 0.29) is 17.5 Å². The van der Waals surface area contributed by atoms with E-state index >= 15 is 0 Å². The van der Waals surface area contributed by atoms with Crippen molar-refractivity contribution in [3.8, 4) is 6.07 Å². The van der Waals surface area contributed by atoms with Crippen molar-refractivity contribution in [3.05, 3.63) is 29.6 Å². The number of hydrogen-bond donors (Lipinski definition) is 1. The van der Waals surface area contributed by atoms with Gasteiger partial charge in [-0.3, -0.25) is 4.79 Å². The first-order chi connectivity index (χ1) is 7.61. The van der Waals surface area contributed by atoms with Gasteiger partial charge in [0.05, 0.1) is 5.56 Å². The summed E-state index contributed by atoms with van der Waals surface area (Å²) >= 11 is 0. The molecule has 0 saturated carbocycles. The van der Waals surface area contributed by atoms with E-state index in [1.807, 2.05) is 0 Å². The number of hydrogen-bond acceptors (Lipinski definition) is 3. The molecule has 16 heavy (non-hydrogen) atoms. The highest BCUT2D eigenvalue weighted by Crippen LogP contribution is 2.23. The van der Waals surface area contributed by atoms with Gasteiger partial charge in [-0.05, 0) is 18.2 Å². The predicted octanol–water partition coefficient (Wildman–Crippen LogP) is 0.761. The van der Waals surface area contributed by atoms with E-state index in [1.165, 1.54) is 23.1 Å². The Bertz CT molecular complexity index is 481. The van der Waals surface area contributed by atoms with Crippen molar-refractivity contribution in [3.63, 3.8) is 0 Å². The van der Waals surface area contributed by atoms with Gasteiger partial charge in [0.2, 0.25) is 5.91 Å². The molecule has 1 saturated heterocycles. The highest BCUT2D eigenvalue weighted by Gasteiger charge is 2.28. The molecule has 2 N–H and O–H groups in total. The SMILES string of the molecule is N#Cc1cc(N2CC(N)CC2=O)ccc1F. The van der Waals surface area contributed by atoms with Crippen LogP contribution in [0.2, 0.25) is 0 Å². The zero-order valence-corrected chi connectivity index (χ0v) is 8.48. The van der Waals surface area contributed by atoms with Gasteiger partial charge in [-0.1, -0.05) is 0 Å². The van der Waals surface area contributed by atoms with Crippen LogP contribution < -0.4 is 10.6 Å². The molecule has 82 valence electrons. The molecule has 0 spiro atoms. The maximum absolute atomic E-state index is 13.1. The van der Waals surface area contributed by atoms with E-state index in [0.29, 0.717) is 18.7 Å². The van der Waals surface area contributed by atoms with Gasteiger partial charge in [0.1, 0.15) is 11.9 Å². The molecule has 1 aliphatic heterocycles. The van der Waals surface area contributed by atoms with Crippen molar-refractivity contribution in [1.82, 2.24) is 0 Å². The van der Waals surface area contributed by atoms with Gasteiger partial charge < -0.3 is 10.6 Å². The molecule has 1 fully saturated rings. The Kier molecular flexibility index (Phi) is 2.59. The fourth-order valence-electron chi connectivity index (χ4n) is 1.75. The zero-order valence-electron chi connectivity index (χ0n) is 8.48. The highest BCUT2D eigenvalue weighted by molar-refractivity contribution is 5.96. The van der Waals surface area contributed by atoms with Crippen LogP contribution >= 0.6 is 0 Å². The van der Waals surface area contributed by atoms with Gasteiger partial charge >= 0.3 is 0 Å². The molecule has 0 bridgehead atoms. The minimum Gasteiger partial charge on any atom is -0.326 e. The molecule has 1 aromatic carbocycles. The number of benzene rings is 1. The van der Waals surface area contributed by atoms with Crippen LogP contribution in [0.4, 0.5) is 10.1 Å². The lowest BCUT2D eigenvalue weighted by Gasteiger charge is -2.16. The second-order valence-electron chi connectivity index (χ2n) is 3.74. The fraction of sp³-hybridized carbons (Fsp3) is 0.273. The summed E-state index contributed by atoms with van der Waals surface area (Å²) in [7, 11) is 0. The van der Waals surface area contributed by atoms with E-state index in [2.05, 4.69) is 0 Å². The number of amides is 1. The summed E-state index contributed by atoms with van der Waals surface area (Å²) < 4.78 is 13.1. The molecule has 0 aromatic heterocycles. The lowest BCUT2D eigenvalue weighted by Crippen LogP contribution is -2.28. The van der Waals surface area contributed by atoms with Gasteiger partial charge in [0, 0.05) is 24.7 Å². The first-order valence-electron chi connectivity index (χ1n) is 4.87. The van der Waals surface area contributed by atoms with Gasteiger partial charge in [-0.25, -0.2) is 4.39 Å². The van der Waals surface area contributed by atoms with Crippen molar-refractivity contribution >= 4 is 11.6 Å². The summed E-state index contributed by atoms with van der Waals surface area (Å²) in [6, 6.07) is 5.58. The molecule has 0 aliphatic carbocycles. The molecule has 1 aromatic rings. The number of nitrogens with two attached hydrogens (primary N) is 1. The van der Waals surface area contributed by atoms with E-state index in [1.54, 1.807) is 6.07 Å². The third-order valence-corrected chi connectivity index (χ3v) is 2.54. The second-order valence-corrected chi connectivity index (χ2v) is 3.74. The van der Waals surface area contributed by atoms with Gasteiger partial charge in [-0.15, -0.1) is 0 Å². The quantitative estimate of drug-likeness (QED) is 0.758. The van der Waals surface area contributed by atoms with E-state index in [9.17, 15) is 9.18 Å². The average Bonchev–Trinajstić information content (AvgIpc) is 2.59. The van der Waals surface area contributed by atoms with Crippen molar-refractivity contribution in [2.45, 2.75) is 12.5 Å².